The van der Waals surface area contributed by atoms with Crippen molar-refractivity contribution in [1.29, 1.82) is 0 Å². The van der Waals surface area contributed by atoms with Crippen molar-refractivity contribution in [3.05, 3.63) is 71.3 Å². The van der Waals surface area contributed by atoms with E-state index in [1.165, 1.54) is 0 Å². The van der Waals surface area contributed by atoms with Crippen molar-refractivity contribution >= 4 is 5.97 Å². The van der Waals surface area contributed by atoms with Crippen LogP contribution in [0.1, 0.15) is 28.4 Å². The van der Waals surface area contributed by atoms with Crippen LogP contribution in [-0.2, 0) is 15.3 Å². The van der Waals surface area contributed by atoms with Gasteiger partial charge in [-0.25, -0.2) is 4.79 Å². The highest BCUT2D eigenvalue weighted by atomic mass is 16.7. The lowest BCUT2D eigenvalue weighted by molar-refractivity contribution is -0.186. The first-order valence-electron chi connectivity index (χ1n) is 6.69. The molecule has 1 aliphatic rings. The number of carbonyl (C=O) groups excluding carboxylic acids is 1. The molecule has 104 valence electrons. The Kier molecular flexibility index (Phi) is 3.25. The molecule has 0 saturated heterocycles. The lowest BCUT2D eigenvalue weighted by Gasteiger charge is -2.30. The van der Waals surface area contributed by atoms with Crippen molar-refractivity contribution in [1.82, 2.24) is 0 Å². The maximum atomic E-state index is 12.2. The second-order valence-electron chi connectivity index (χ2n) is 4.84. The molecule has 2 aromatic rings. The number of benzene rings is 2. The Bertz CT molecular complexity index is 715. The molecule has 0 N–H and O–H groups in total. The van der Waals surface area contributed by atoms with Gasteiger partial charge in [-0.1, -0.05) is 54.5 Å². The van der Waals surface area contributed by atoms with Gasteiger partial charge in [0.25, 0.3) is 5.79 Å². The van der Waals surface area contributed by atoms with E-state index >= 15 is 0 Å². The zero-order valence-electron chi connectivity index (χ0n) is 11.6. The van der Waals surface area contributed by atoms with E-state index in [0.29, 0.717) is 11.1 Å². The van der Waals surface area contributed by atoms with Crippen LogP contribution in [0, 0.1) is 12.3 Å². The third-order valence-corrected chi connectivity index (χ3v) is 3.47. The number of carbonyl (C=O) groups is 1. The first-order valence-corrected chi connectivity index (χ1v) is 6.69. The largest absolute Gasteiger partial charge is 0.420 e. The van der Waals surface area contributed by atoms with E-state index in [2.05, 4.69) is 5.92 Å². The van der Waals surface area contributed by atoms with Crippen LogP contribution in [0.5, 0.6) is 0 Å². The summed E-state index contributed by atoms with van der Waals surface area (Å²) in [4.78, 5) is 12.2. The minimum atomic E-state index is -1.28. The number of fused-ring (bicyclic) bond motifs is 1. The van der Waals surface area contributed by atoms with Gasteiger partial charge >= 0.3 is 5.97 Å². The van der Waals surface area contributed by atoms with Crippen LogP contribution >= 0.6 is 0 Å². The topological polar surface area (TPSA) is 35.5 Å². The molecular formula is C18H14O3. The first-order chi connectivity index (χ1) is 10.2. The fourth-order valence-corrected chi connectivity index (χ4v) is 2.50. The Labute approximate surface area is 123 Å². The third kappa shape index (κ3) is 2.10. The highest BCUT2D eigenvalue weighted by Gasteiger charge is 2.49. The van der Waals surface area contributed by atoms with E-state index in [1.807, 2.05) is 42.5 Å². The summed E-state index contributed by atoms with van der Waals surface area (Å²) in [5.41, 5.74) is 1.93. The zero-order chi connectivity index (χ0) is 14.9. The average molecular weight is 278 g/mol. The van der Waals surface area contributed by atoms with E-state index < -0.39 is 17.9 Å². The van der Waals surface area contributed by atoms with Crippen LogP contribution in [0.4, 0.5) is 0 Å². The summed E-state index contributed by atoms with van der Waals surface area (Å²) in [7, 11) is 0. The highest BCUT2D eigenvalue weighted by Crippen LogP contribution is 2.43. The second-order valence-corrected chi connectivity index (χ2v) is 4.84. The van der Waals surface area contributed by atoms with Crippen molar-refractivity contribution in [3.8, 4) is 12.3 Å². The van der Waals surface area contributed by atoms with Crippen molar-refractivity contribution < 1.29 is 14.3 Å². The van der Waals surface area contributed by atoms with E-state index in [-0.39, 0.29) is 0 Å². The van der Waals surface area contributed by atoms with Crippen molar-refractivity contribution in [3.63, 3.8) is 0 Å². The quantitative estimate of drug-likeness (QED) is 0.639. The standard InChI is InChI=1S/C18H14O3/c1-3-13(2)20-18(14-9-5-4-6-10-14)16-12-8-7-11-15(16)17(19)21-18/h1,4-13H,2H3/t13-,18-/m1/s1. The van der Waals surface area contributed by atoms with Gasteiger partial charge in [-0.15, -0.1) is 6.42 Å². The molecule has 0 spiro atoms. The molecule has 0 aromatic heterocycles. The van der Waals surface area contributed by atoms with Crippen LogP contribution in [0.25, 0.3) is 0 Å². The number of terminal acetylenes is 1. The molecule has 21 heavy (non-hydrogen) atoms. The van der Waals surface area contributed by atoms with Crippen molar-refractivity contribution in [2.24, 2.45) is 0 Å². The molecule has 0 amide bonds. The lowest BCUT2D eigenvalue weighted by atomic mass is 9.95. The Hall–Kier alpha value is -2.57. The van der Waals surface area contributed by atoms with Gasteiger partial charge in [0.1, 0.15) is 6.10 Å². The number of esters is 1. The summed E-state index contributed by atoms with van der Waals surface area (Å²) in [6.45, 7) is 1.75. The molecule has 2 aromatic carbocycles. The molecule has 0 bridgehead atoms. The maximum absolute atomic E-state index is 12.2. The number of hydrogen-bond acceptors (Lipinski definition) is 3. The lowest BCUT2D eigenvalue weighted by Crippen LogP contribution is -2.34. The van der Waals surface area contributed by atoms with Gasteiger partial charge in [-0.3, -0.25) is 0 Å². The Morgan fingerprint density at radius 1 is 1.14 bits per heavy atom. The highest BCUT2D eigenvalue weighted by molar-refractivity contribution is 5.95. The molecule has 3 heteroatoms. The van der Waals surface area contributed by atoms with Crippen molar-refractivity contribution in [2.45, 2.75) is 18.8 Å². The average Bonchev–Trinajstić information content (AvgIpc) is 2.82. The van der Waals surface area contributed by atoms with Crippen LogP contribution in [0.3, 0.4) is 0 Å². The molecule has 1 aliphatic heterocycles. The molecule has 0 aliphatic carbocycles. The Morgan fingerprint density at radius 2 is 1.81 bits per heavy atom. The predicted molar refractivity (Wildman–Crippen MR) is 78.5 cm³/mol. The molecule has 0 saturated carbocycles. The number of rotatable bonds is 3. The summed E-state index contributed by atoms with van der Waals surface area (Å²) in [5, 5.41) is 0. The normalized spacial score (nSPS) is 21.2. The maximum Gasteiger partial charge on any atom is 0.341 e. The van der Waals surface area contributed by atoms with Gasteiger partial charge in [-0.05, 0) is 13.0 Å². The SMILES string of the molecule is C#C[C@@H](C)O[C@]1(c2ccccc2)OC(=O)c2ccccc21. The monoisotopic (exact) mass is 278 g/mol. The zero-order valence-corrected chi connectivity index (χ0v) is 11.6. The molecule has 0 fully saturated rings. The third-order valence-electron chi connectivity index (χ3n) is 3.47. The summed E-state index contributed by atoms with van der Waals surface area (Å²) in [6, 6.07) is 16.6. The van der Waals surface area contributed by atoms with Crippen molar-refractivity contribution in [2.75, 3.05) is 0 Å². The molecule has 3 nitrogen and oxygen atoms in total. The van der Waals surface area contributed by atoms with E-state index in [0.717, 1.165) is 5.56 Å². The summed E-state index contributed by atoms with van der Waals surface area (Å²) in [5.74, 6) is 0.837. The van der Waals surface area contributed by atoms with Gasteiger partial charge in [0.05, 0.1) is 5.56 Å². The fraction of sp³-hybridized carbons (Fsp3) is 0.167. The molecule has 3 rings (SSSR count). The molecule has 1 heterocycles. The number of hydrogen-bond donors (Lipinski definition) is 0. The van der Waals surface area contributed by atoms with Gasteiger partial charge in [0.15, 0.2) is 0 Å². The summed E-state index contributed by atoms with van der Waals surface area (Å²) >= 11 is 0. The van der Waals surface area contributed by atoms with E-state index in [4.69, 9.17) is 15.9 Å². The van der Waals surface area contributed by atoms with E-state index in [9.17, 15) is 4.79 Å². The number of ether oxygens (including phenoxy) is 2. The molecule has 2 atom stereocenters. The van der Waals surface area contributed by atoms with Gasteiger partial charge in [0, 0.05) is 11.1 Å². The molecule has 0 radical (unpaired) electrons. The van der Waals surface area contributed by atoms with Gasteiger partial charge in [0.2, 0.25) is 0 Å². The molecular weight excluding hydrogens is 264 g/mol. The van der Waals surface area contributed by atoms with Gasteiger partial charge in [-0.2, -0.15) is 0 Å². The van der Waals surface area contributed by atoms with Crippen LogP contribution in [0.2, 0.25) is 0 Å². The van der Waals surface area contributed by atoms with E-state index in [1.54, 1.807) is 19.1 Å². The van der Waals surface area contributed by atoms with Crippen LogP contribution < -0.4 is 0 Å². The smallest absolute Gasteiger partial charge is 0.341 e. The van der Waals surface area contributed by atoms with Crippen LogP contribution in [-0.4, -0.2) is 12.1 Å². The summed E-state index contributed by atoms with van der Waals surface area (Å²) < 4.78 is 11.6. The van der Waals surface area contributed by atoms with Gasteiger partial charge < -0.3 is 9.47 Å². The second kappa shape index (κ2) is 5.08. The minimum Gasteiger partial charge on any atom is -0.420 e. The fourth-order valence-electron chi connectivity index (χ4n) is 2.50. The number of cyclic esters (lactones) is 1. The predicted octanol–water partition coefficient (Wildman–Crippen LogP) is 3.10. The Morgan fingerprint density at radius 3 is 2.52 bits per heavy atom. The minimum absolute atomic E-state index is 0.404. The first kappa shape index (κ1) is 13.4. The summed E-state index contributed by atoms with van der Waals surface area (Å²) in [6.07, 6.45) is 4.93. The molecule has 0 unspecified atom stereocenters. The Balaban J connectivity index is 2.20. The van der Waals surface area contributed by atoms with Crippen LogP contribution in [0.15, 0.2) is 54.6 Å².